The maximum Gasteiger partial charge on any atom is 0.276 e. The van der Waals surface area contributed by atoms with E-state index in [1.165, 1.54) is 5.56 Å². The Morgan fingerprint density at radius 1 is 1.03 bits per heavy atom. The molecule has 168 valence electrons. The summed E-state index contributed by atoms with van der Waals surface area (Å²) in [4.78, 5) is 17.3. The van der Waals surface area contributed by atoms with Crippen LogP contribution in [0.5, 0.6) is 11.5 Å². The fourth-order valence-electron chi connectivity index (χ4n) is 3.88. The van der Waals surface area contributed by atoms with Crippen molar-refractivity contribution in [1.29, 1.82) is 0 Å². The Bertz CT molecular complexity index is 1070. The predicted molar refractivity (Wildman–Crippen MR) is 121 cm³/mol. The Labute approximate surface area is 188 Å². The van der Waals surface area contributed by atoms with Crippen molar-refractivity contribution in [3.63, 3.8) is 0 Å². The molecule has 0 N–H and O–H groups in total. The van der Waals surface area contributed by atoms with E-state index in [1.54, 1.807) is 7.11 Å². The summed E-state index contributed by atoms with van der Waals surface area (Å²) in [5, 5.41) is 4.05. The molecule has 4 rings (SSSR count). The van der Waals surface area contributed by atoms with Gasteiger partial charge in [0.2, 0.25) is 0 Å². The maximum absolute atomic E-state index is 13.2. The first kappa shape index (κ1) is 21.9. The molecule has 7 heteroatoms. The van der Waals surface area contributed by atoms with E-state index in [1.807, 2.05) is 55.1 Å². The lowest BCUT2D eigenvalue weighted by Crippen LogP contribution is -2.48. The van der Waals surface area contributed by atoms with Crippen LogP contribution in [0.2, 0.25) is 0 Å². The number of carbonyl (C=O) groups is 1. The Morgan fingerprint density at radius 3 is 2.53 bits per heavy atom. The number of hydrogen-bond acceptors (Lipinski definition) is 6. The summed E-state index contributed by atoms with van der Waals surface area (Å²) in [6.45, 7) is 7.79. The maximum atomic E-state index is 13.2. The van der Waals surface area contributed by atoms with Gasteiger partial charge in [0.15, 0.2) is 5.69 Å². The van der Waals surface area contributed by atoms with Gasteiger partial charge in [-0.2, -0.15) is 0 Å². The van der Waals surface area contributed by atoms with Crippen LogP contribution in [-0.2, 0) is 13.2 Å². The minimum absolute atomic E-state index is 0.106. The molecule has 2 heterocycles. The van der Waals surface area contributed by atoms with Gasteiger partial charge in [-0.05, 0) is 49.2 Å². The van der Waals surface area contributed by atoms with E-state index >= 15 is 0 Å². The molecule has 32 heavy (non-hydrogen) atoms. The summed E-state index contributed by atoms with van der Waals surface area (Å²) in [5.41, 5.74) is 3.37. The van der Waals surface area contributed by atoms with Gasteiger partial charge in [0.1, 0.15) is 23.9 Å². The third-order valence-electron chi connectivity index (χ3n) is 5.76. The van der Waals surface area contributed by atoms with Crippen LogP contribution in [0.25, 0.3) is 0 Å². The third-order valence-corrected chi connectivity index (χ3v) is 5.76. The smallest absolute Gasteiger partial charge is 0.276 e. The first-order chi connectivity index (χ1) is 15.5. The molecule has 1 saturated heterocycles. The van der Waals surface area contributed by atoms with E-state index < -0.39 is 0 Å². The van der Waals surface area contributed by atoms with Gasteiger partial charge in [-0.25, -0.2) is 0 Å². The fourth-order valence-corrected chi connectivity index (χ4v) is 3.88. The predicted octanol–water partition coefficient (Wildman–Crippen LogP) is 3.84. The molecular formula is C25H29N3O4. The van der Waals surface area contributed by atoms with Crippen LogP contribution in [0, 0.1) is 13.8 Å². The van der Waals surface area contributed by atoms with Crippen LogP contribution >= 0.6 is 0 Å². The minimum Gasteiger partial charge on any atom is -0.497 e. The van der Waals surface area contributed by atoms with E-state index in [4.69, 9.17) is 14.0 Å². The lowest BCUT2D eigenvalue weighted by molar-refractivity contribution is 0.0616. The van der Waals surface area contributed by atoms with Gasteiger partial charge >= 0.3 is 0 Å². The number of amides is 1. The van der Waals surface area contributed by atoms with Gasteiger partial charge in [0, 0.05) is 32.7 Å². The van der Waals surface area contributed by atoms with E-state index in [2.05, 4.69) is 22.2 Å². The van der Waals surface area contributed by atoms with Crippen molar-refractivity contribution in [1.82, 2.24) is 15.0 Å². The monoisotopic (exact) mass is 435 g/mol. The van der Waals surface area contributed by atoms with E-state index in [0.717, 1.165) is 36.7 Å². The van der Waals surface area contributed by atoms with Crippen LogP contribution < -0.4 is 9.47 Å². The average molecular weight is 436 g/mol. The summed E-state index contributed by atoms with van der Waals surface area (Å²) in [5.74, 6) is 2.12. The number of ether oxygens (including phenoxy) is 2. The first-order valence-corrected chi connectivity index (χ1v) is 10.8. The average Bonchev–Trinajstić information content (AvgIpc) is 3.18. The van der Waals surface area contributed by atoms with Gasteiger partial charge in [0.25, 0.3) is 5.91 Å². The van der Waals surface area contributed by atoms with Crippen LogP contribution in [0.15, 0.2) is 53.1 Å². The Morgan fingerprint density at radius 2 is 1.78 bits per heavy atom. The van der Waals surface area contributed by atoms with Gasteiger partial charge in [0.05, 0.1) is 12.7 Å². The number of benzene rings is 2. The molecule has 1 aromatic heterocycles. The molecule has 1 aliphatic rings. The Hall–Kier alpha value is -3.32. The normalized spacial score (nSPS) is 14.4. The van der Waals surface area contributed by atoms with Crippen molar-refractivity contribution < 1.29 is 18.8 Å². The molecule has 1 amide bonds. The highest BCUT2D eigenvalue weighted by Gasteiger charge is 2.28. The zero-order valence-electron chi connectivity index (χ0n) is 18.8. The molecule has 0 atom stereocenters. The molecule has 7 nitrogen and oxygen atoms in total. The van der Waals surface area contributed by atoms with Crippen LogP contribution in [0.1, 0.15) is 32.9 Å². The van der Waals surface area contributed by atoms with Gasteiger partial charge < -0.3 is 18.9 Å². The largest absolute Gasteiger partial charge is 0.497 e. The minimum atomic E-state index is -0.106. The number of nitrogens with zero attached hydrogens (tertiary/aromatic N) is 3. The Kier molecular flexibility index (Phi) is 6.75. The van der Waals surface area contributed by atoms with Gasteiger partial charge in [-0.15, -0.1) is 0 Å². The molecule has 2 aromatic carbocycles. The zero-order chi connectivity index (χ0) is 22.5. The van der Waals surface area contributed by atoms with Crippen molar-refractivity contribution >= 4 is 5.91 Å². The summed E-state index contributed by atoms with van der Waals surface area (Å²) in [6.07, 6.45) is 0. The fraction of sp³-hybridized carbons (Fsp3) is 0.360. The molecule has 1 fully saturated rings. The second kappa shape index (κ2) is 9.87. The van der Waals surface area contributed by atoms with Crippen molar-refractivity contribution in [2.75, 3.05) is 33.3 Å². The first-order valence-electron chi connectivity index (χ1n) is 10.8. The summed E-state index contributed by atoms with van der Waals surface area (Å²) < 4.78 is 16.6. The number of methoxy groups -OCH3 is 1. The van der Waals surface area contributed by atoms with Gasteiger partial charge in [-0.1, -0.05) is 29.4 Å². The standard InChI is InChI=1S/C25H29N3O4/c1-18-6-4-9-22(14-18)31-17-23-19(2)32-26-24(23)25(29)28-12-10-27(11-13-28)16-20-7-5-8-21(15-20)30-3/h4-9,14-15H,10-13,16-17H2,1-3H3. The van der Waals surface area contributed by atoms with Crippen LogP contribution in [-0.4, -0.2) is 54.2 Å². The highest BCUT2D eigenvalue weighted by atomic mass is 16.5. The zero-order valence-corrected chi connectivity index (χ0v) is 18.8. The molecule has 3 aromatic rings. The Balaban J connectivity index is 1.36. The third kappa shape index (κ3) is 5.11. The molecule has 0 spiro atoms. The van der Waals surface area contributed by atoms with Crippen molar-refractivity contribution in [3.05, 3.63) is 76.7 Å². The quantitative estimate of drug-likeness (QED) is 0.562. The highest BCUT2D eigenvalue weighted by Crippen LogP contribution is 2.21. The number of piperazine rings is 1. The van der Waals surface area contributed by atoms with Crippen LogP contribution in [0.4, 0.5) is 0 Å². The lowest BCUT2D eigenvalue weighted by atomic mass is 10.1. The molecule has 0 bridgehead atoms. The number of aryl methyl sites for hydroxylation is 2. The molecule has 0 saturated carbocycles. The summed E-state index contributed by atoms with van der Waals surface area (Å²) in [7, 11) is 1.68. The van der Waals surface area contributed by atoms with E-state index in [-0.39, 0.29) is 12.5 Å². The second-order valence-corrected chi connectivity index (χ2v) is 8.09. The van der Waals surface area contributed by atoms with E-state index in [9.17, 15) is 4.79 Å². The molecular weight excluding hydrogens is 406 g/mol. The number of aromatic nitrogens is 1. The topological polar surface area (TPSA) is 68.0 Å². The molecule has 1 aliphatic heterocycles. The molecule has 0 unspecified atom stereocenters. The van der Waals surface area contributed by atoms with Crippen molar-refractivity contribution in [3.8, 4) is 11.5 Å². The highest BCUT2D eigenvalue weighted by molar-refractivity contribution is 5.93. The molecule has 0 aliphatic carbocycles. The SMILES string of the molecule is COc1cccc(CN2CCN(C(=O)c3noc(C)c3COc3cccc(C)c3)CC2)c1. The molecule has 0 radical (unpaired) electrons. The number of hydrogen-bond donors (Lipinski definition) is 0. The number of rotatable bonds is 7. The van der Waals surface area contributed by atoms with Gasteiger partial charge in [-0.3, -0.25) is 9.69 Å². The number of carbonyl (C=O) groups excluding carboxylic acids is 1. The second-order valence-electron chi connectivity index (χ2n) is 8.09. The summed E-state index contributed by atoms with van der Waals surface area (Å²) >= 11 is 0. The van der Waals surface area contributed by atoms with Crippen LogP contribution in [0.3, 0.4) is 0 Å². The summed E-state index contributed by atoms with van der Waals surface area (Å²) in [6, 6.07) is 15.9. The lowest BCUT2D eigenvalue weighted by Gasteiger charge is -2.34. The van der Waals surface area contributed by atoms with Crippen molar-refractivity contribution in [2.45, 2.75) is 27.0 Å². The van der Waals surface area contributed by atoms with E-state index in [0.29, 0.717) is 30.1 Å². The van der Waals surface area contributed by atoms with Crippen molar-refractivity contribution in [2.24, 2.45) is 0 Å².